The number of aryl methyl sites for hydroxylation is 2. The normalized spacial score (nSPS) is 18.0. The summed E-state index contributed by atoms with van der Waals surface area (Å²) < 4.78 is 32.2. The molecule has 3 rings (SSSR count). The van der Waals surface area contributed by atoms with Crippen LogP contribution in [0.4, 0.5) is 0 Å². The van der Waals surface area contributed by atoms with E-state index in [-0.39, 0.29) is 32.0 Å². The zero-order chi connectivity index (χ0) is 19.4. The van der Waals surface area contributed by atoms with Crippen molar-refractivity contribution in [2.75, 3.05) is 32.8 Å². The number of ether oxygens (including phenoxy) is 1. The summed E-state index contributed by atoms with van der Waals surface area (Å²) in [4.78, 5) is 25.1. The molecule has 1 fully saturated rings. The van der Waals surface area contributed by atoms with Crippen molar-refractivity contribution in [3.63, 3.8) is 0 Å². The van der Waals surface area contributed by atoms with E-state index in [0.717, 1.165) is 31.2 Å². The van der Waals surface area contributed by atoms with E-state index in [1.165, 1.54) is 9.87 Å². The Balaban J connectivity index is 1.61. The van der Waals surface area contributed by atoms with Gasteiger partial charge in [0, 0.05) is 32.6 Å². The van der Waals surface area contributed by atoms with E-state index < -0.39 is 16.0 Å². The predicted molar refractivity (Wildman–Crippen MR) is 99.7 cm³/mol. The van der Waals surface area contributed by atoms with Gasteiger partial charge in [-0.1, -0.05) is 13.0 Å². The lowest BCUT2D eigenvalue weighted by Crippen LogP contribution is -2.51. The van der Waals surface area contributed by atoms with Crippen LogP contribution in [0.1, 0.15) is 37.3 Å². The van der Waals surface area contributed by atoms with E-state index >= 15 is 0 Å². The van der Waals surface area contributed by atoms with Crippen LogP contribution < -0.4 is 0 Å². The standard InChI is InChI=1S/C19H26N2O5S/c1-2-19(23)26-14-18(22)20-9-11-21(12-10-20)27(24,25)17-8-7-15-5-3-4-6-16(15)13-17/h7-8,13H,2-6,9-12,14H2,1H3. The van der Waals surface area contributed by atoms with Crippen molar-refractivity contribution in [1.29, 1.82) is 0 Å². The van der Waals surface area contributed by atoms with Crippen molar-refractivity contribution in [1.82, 2.24) is 9.21 Å². The van der Waals surface area contributed by atoms with Gasteiger partial charge in [0.05, 0.1) is 4.90 Å². The van der Waals surface area contributed by atoms with Gasteiger partial charge in [-0.3, -0.25) is 9.59 Å². The van der Waals surface area contributed by atoms with Crippen molar-refractivity contribution in [2.24, 2.45) is 0 Å². The predicted octanol–water partition coefficient (Wildman–Crippen LogP) is 1.35. The highest BCUT2D eigenvalue weighted by molar-refractivity contribution is 7.89. The second kappa shape index (κ2) is 8.39. The average Bonchev–Trinajstić information content (AvgIpc) is 2.71. The minimum Gasteiger partial charge on any atom is -0.456 e. The minimum atomic E-state index is -3.56. The number of carbonyl (C=O) groups excluding carboxylic acids is 2. The summed E-state index contributed by atoms with van der Waals surface area (Å²) >= 11 is 0. The maximum atomic E-state index is 13.0. The molecule has 1 saturated heterocycles. The van der Waals surface area contributed by atoms with Crippen LogP contribution in [-0.2, 0) is 37.2 Å². The second-order valence-corrected chi connectivity index (χ2v) is 8.87. The molecule has 8 heteroatoms. The molecule has 0 unspecified atom stereocenters. The minimum absolute atomic E-state index is 0.222. The van der Waals surface area contributed by atoms with Gasteiger partial charge in [-0.2, -0.15) is 4.31 Å². The average molecular weight is 394 g/mol. The molecule has 7 nitrogen and oxygen atoms in total. The Hall–Kier alpha value is -1.93. The van der Waals surface area contributed by atoms with Crippen LogP contribution in [0.15, 0.2) is 23.1 Å². The molecule has 148 valence electrons. The van der Waals surface area contributed by atoms with Crippen molar-refractivity contribution < 1.29 is 22.7 Å². The second-order valence-electron chi connectivity index (χ2n) is 6.94. The summed E-state index contributed by atoms with van der Waals surface area (Å²) in [5.74, 6) is -0.709. The fraction of sp³-hybridized carbons (Fsp3) is 0.579. The number of fused-ring (bicyclic) bond motifs is 1. The number of nitrogens with zero attached hydrogens (tertiary/aromatic N) is 2. The molecule has 0 N–H and O–H groups in total. The van der Waals surface area contributed by atoms with Gasteiger partial charge in [0.25, 0.3) is 5.91 Å². The van der Waals surface area contributed by atoms with Gasteiger partial charge >= 0.3 is 5.97 Å². The summed E-state index contributed by atoms with van der Waals surface area (Å²) in [5.41, 5.74) is 2.38. The molecule has 0 bridgehead atoms. The maximum Gasteiger partial charge on any atom is 0.306 e. The quantitative estimate of drug-likeness (QED) is 0.704. The van der Waals surface area contributed by atoms with E-state index in [0.29, 0.717) is 18.0 Å². The first-order valence-electron chi connectivity index (χ1n) is 9.47. The first-order valence-corrected chi connectivity index (χ1v) is 10.9. The fourth-order valence-corrected chi connectivity index (χ4v) is 5.01. The molecule has 0 saturated carbocycles. The molecule has 1 amide bonds. The summed E-state index contributed by atoms with van der Waals surface area (Å²) in [6.07, 6.45) is 4.42. The summed E-state index contributed by atoms with van der Waals surface area (Å²) in [5, 5.41) is 0. The molecule has 1 aliphatic heterocycles. The molecule has 2 aliphatic rings. The molecule has 0 atom stereocenters. The van der Waals surface area contributed by atoms with E-state index in [1.54, 1.807) is 17.9 Å². The zero-order valence-corrected chi connectivity index (χ0v) is 16.5. The molecule has 27 heavy (non-hydrogen) atoms. The first-order chi connectivity index (χ1) is 12.9. The highest BCUT2D eigenvalue weighted by Gasteiger charge is 2.30. The number of benzene rings is 1. The number of rotatable bonds is 5. The Morgan fingerprint density at radius 2 is 1.70 bits per heavy atom. The molecular formula is C19H26N2O5S. The van der Waals surface area contributed by atoms with E-state index in [1.807, 2.05) is 12.1 Å². The van der Waals surface area contributed by atoms with Crippen LogP contribution in [0.2, 0.25) is 0 Å². The van der Waals surface area contributed by atoms with Gasteiger partial charge in [-0.25, -0.2) is 8.42 Å². The lowest BCUT2D eigenvalue weighted by atomic mass is 9.92. The van der Waals surface area contributed by atoms with E-state index in [2.05, 4.69) is 0 Å². The van der Waals surface area contributed by atoms with Crippen molar-refractivity contribution in [2.45, 2.75) is 43.9 Å². The number of esters is 1. The molecule has 1 aromatic rings. The summed E-state index contributed by atoms with van der Waals surface area (Å²) in [7, 11) is -3.56. The maximum absolute atomic E-state index is 13.0. The monoisotopic (exact) mass is 394 g/mol. The number of piperazine rings is 1. The lowest BCUT2D eigenvalue weighted by molar-refractivity contribution is -0.152. The van der Waals surface area contributed by atoms with Gasteiger partial charge in [0.2, 0.25) is 10.0 Å². The topological polar surface area (TPSA) is 84.0 Å². The number of hydrogen-bond donors (Lipinski definition) is 0. The Bertz CT molecular complexity index is 813. The van der Waals surface area contributed by atoms with Crippen LogP contribution in [0.5, 0.6) is 0 Å². The van der Waals surface area contributed by atoms with Crippen molar-refractivity contribution in [3.8, 4) is 0 Å². The number of hydrogen-bond acceptors (Lipinski definition) is 5. The highest BCUT2D eigenvalue weighted by Crippen LogP contribution is 2.26. The third-order valence-corrected chi connectivity index (χ3v) is 7.09. The Morgan fingerprint density at radius 3 is 2.37 bits per heavy atom. The Kier molecular flexibility index (Phi) is 6.16. The third-order valence-electron chi connectivity index (χ3n) is 5.19. The van der Waals surface area contributed by atoms with E-state index in [4.69, 9.17) is 4.74 Å². The van der Waals surface area contributed by atoms with Crippen LogP contribution in [0.25, 0.3) is 0 Å². The number of amides is 1. The molecule has 0 spiro atoms. The Morgan fingerprint density at radius 1 is 1.04 bits per heavy atom. The summed E-state index contributed by atoms with van der Waals surface area (Å²) in [6.45, 7) is 2.46. The van der Waals surface area contributed by atoms with Gasteiger partial charge in [-0.05, 0) is 48.9 Å². The highest BCUT2D eigenvalue weighted by atomic mass is 32.2. The van der Waals surface area contributed by atoms with Crippen LogP contribution in [0.3, 0.4) is 0 Å². The SMILES string of the molecule is CCC(=O)OCC(=O)N1CCN(S(=O)(=O)c2ccc3c(c2)CCCC3)CC1. The number of carbonyl (C=O) groups is 2. The molecule has 1 aromatic carbocycles. The number of sulfonamides is 1. The largest absolute Gasteiger partial charge is 0.456 e. The van der Waals surface area contributed by atoms with Gasteiger partial charge in [0.15, 0.2) is 6.61 Å². The van der Waals surface area contributed by atoms with Crippen molar-refractivity contribution in [3.05, 3.63) is 29.3 Å². The Labute approximate surface area is 160 Å². The van der Waals surface area contributed by atoms with Gasteiger partial charge in [0.1, 0.15) is 0 Å². The first kappa shape index (κ1) is 19.8. The molecule has 1 heterocycles. The molecule has 0 radical (unpaired) electrons. The van der Waals surface area contributed by atoms with Crippen LogP contribution in [-0.4, -0.2) is 62.3 Å². The molecule has 1 aliphatic carbocycles. The van der Waals surface area contributed by atoms with E-state index in [9.17, 15) is 18.0 Å². The zero-order valence-electron chi connectivity index (χ0n) is 15.6. The van der Waals surface area contributed by atoms with Gasteiger partial charge in [-0.15, -0.1) is 0 Å². The summed E-state index contributed by atoms with van der Waals surface area (Å²) in [6, 6.07) is 5.44. The van der Waals surface area contributed by atoms with Crippen LogP contribution in [0, 0.1) is 0 Å². The third kappa shape index (κ3) is 4.50. The van der Waals surface area contributed by atoms with Gasteiger partial charge < -0.3 is 9.64 Å². The smallest absolute Gasteiger partial charge is 0.306 e. The van der Waals surface area contributed by atoms with Crippen molar-refractivity contribution >= 4 is 21.9 Å². The molecule has 0 aromatic heterocycles. The van der Waals surface area contributed by atoms with Crippen LogP contribution >= 0.6 is 0 Å². The lowest BCUT2D eigenvalue weighted by Gasteiger charge is -2.34. The molecular weight excluding hydrogens is 368 g/mol. The fourth-order valence-electron chi connectivity index (χ4n) is 3.53.